The maximum absolute atomic E-state index is 10.7. The second-order valence-electron chi connectivity index (χ2n) is 3.45. The second kappa shape index (κ2) is 8.22. The standard InChI is InChI=1S/C13H12ClNOS2/c1-10(16)18-7-3-2-4-11-5-6-13(15-9-17)12(14)8-11/h2,4-6,8H,3,7H2,1H3. The first kappa shape index (κ1) is 15.1. The van der Waals surface area contributed by atoms with Gasteiger partial charge in [0.15, 0.2) is 5.12 Å². The summed E-state index contributed by atoms with van der Waals surface area (Å²) in [7, 11) is 0. The zero-order valence-corrected chi connectivity index (χ0v) is 12.2. The number of rotatable bonds is 5. The Labute approximate surface area is 121 Å². The number of thioether (sulfide) groups is 1. The van der Waals surface area contributed by atoms with Crippen LogP contribution in [0.25, 0.3) is 6.08 Å². The number of carbonyl (C=O) groups excluding carboxylic acids is 1. The van der Waals surface area contributed by atoms with Crippen LogP contribution >= 0.6 is 35.6 Å². The third kappa shape index (κ3) is 5.61. The molecule has 0 N–H and O–H groups in total. The maximum Gasteiger partial charge on any atom is 0.185 e. The van der Waals surface area contributed by atoms with Crippen molar-refractivity contribution in [2.45, 2.75) is 13.3 Å². The molecule has 94 valence electrons. The highest BCUT2D eigenvalue weighted by Gasteiger charge is 1.98. The average molecular weight is 298 g/mol. The lowest BCUT2D eigenvalue weighted by atomic mass is 10.2. The minimum atomic E-state index is 0.147. The normalized spacial score (nSPS) is 10.3. The Balaban J connectivity index is 2.57. The van der Waals surface area contributed by atoms with Crippen molar-refractivity contribution in [3.05, 3.63) is 34.9 Å². The van der Waals surface area contributed by atoms with Gasteiger partial charge in [-0.15, -0.1) is 0 Å². The quantitative estimate of drug-likeness (QED) is 0.446. The summed E-state index contributed by atoms with van der Waals surface area (Å²) < 4.78 is 0. The van der Waals surface area contributed by atoms with Crippen molar-refractivity contribution in [2.75, 3.05) is 5.75 Å². The summed E-state index contributed by atoms with van der Waals surface area (Å²) in [5.74, 6) is 0.798. The van der Waals surface area contributed by atoms with Gasteiger partial charge >= 0.3 is 0 Å². The molecule has 0 bridgehead atoms. The van der Waals surface area contributed by atoms with E-state index >= 15 is 0 Å². The molecule has 0 aliphatic heterocycles. The van der Waals surface area contributed by atoms with Crippen LogP contribution < -0.4 is 0 Å². The van der Waals surface area contributed by atoms with E-state index in [0.717, 1.165) is 17.7 Å². The van der Waals surface area contributed by atoms with Crippen LogP contribution in [0, 0.1) is 0 Å². The van der Waals surface area contributed by atoms with Crippen LogP contribution in [0.15, 0.2) is 29.3 Å². The summed E-state index contributed by atoms with van der Waals surface area (Å²) in [6.07, 6.45) is 4.84. The number of hydrogen-bond donors (Lipinski definition) is 0. The smallest absolute Gasteiger partial charge is 0.185 e. The molecule has 0 unspecified atom stereocenters. The van der Waals surface area contributed by atoms with Crippen LogP contribution in [0.4, 0.5) is 5.69 Å². The first-order chi connectivity index (χ1) is 8.63. The molecule has 0 aliphatic rings. The van der Waals surface area contributed by atoms with E-state index in [9.17, 15) is 4.79 Å². The van der Waals surface area contributed by atoms with Gasteiger partial charge in [-0.1, -0.05) is 41.6 Å². The van der Waals surface area contributed by atoms with Gasteiger partial charge in [0.05, 0.1) is 15.9 Å². The molecule has 0 radical (unpaired) electrons. The highest BCUT2D eigenvalue weighted by molar-refractivity contribution is 8.13. The predicted molar refractivity (Wildman–Crippen MR) is 82.9 cm³/mol. The highest BCUT2D eigenvalue weighted by atomic mass is 35.5. The largest absolute Gasteiger partial charge is 0.288 e. The van der Waals surface area contributed by atoms with Crippen molar-refractivity contribution in [2.24, 2.45) is 4.99 Å². The highest BCUT2D eigenvalue weighted by Crippen LogP contribution is 2.25. The fourth-order valence-corrected chi connectivity index (χ4v) is 2.13. The number of thiocarbonyl (C=S) groups is 1. The van der Waals surface area contributed by atoms with Gasteiger partial charge in [0.2, 0.25) is 0 Å². The van der Waals surface area contributed by atoms with Gasteiger partial charge in [0, 0.05) is 12.7 Å². The Morgan fingerprint density at radius 1 is 1.61 bits per heavy atom. The van der Waals surface area contributed by atoms with Gasteiger partial charge in [-0.3, -0.25) is 4.79 Å². The number of benzene rings is 1. The summed E-state index contributed by atoms with van der Waals surface area (Å²) in [4.78, 5) is 14.6. The van der Waals surface area contributed by atoms with Crippen LogP contribution in [-0.2, 0) is 4.79 Å². The van der Waals surface area contributed by atoms with Crippen LogP contribution in [0.1, 0.15) is 18.9 Å². The summed E-state index contributed by atoms with van der Waals surface area (Å²) in [6, 6.07) is 5.53. The molecule has 0 heterocycles. The van der Waals surface area contributed by atoms with Crippen LogP contribution in [-0.4, -0.2) is 16.0 Å². The van der Waals surface area contributed by atoms with E-state index < -0.39 is 0 Å². The molecule has 0 spiro atoms. The van der Waals surface area contributed by atoms with E-state index in [-0.39, 0.29) is 5.12 Å². The van der Waals surface area contributed by atoms with E-state index in [1.807, 2.05) is 24.3 Å². The molecule has 18 heavy (non-hydrogen) atoms. The molecular weight excluding hydrogens is 286 g/mol. The zero-order chi connectivity index (χ0) is 13.4. The Hall–Kier alpha value is -0.930. The minimum Gasteiger partial charge on any atom is -0.288 e. The lowest BCUT2D eigenvalue weighted by Gasteiger charge is -1.98. The number of allylic oxidation sites excluding steroid dienone is 1. The number of isothiocyanates is 1. The Bertz CT molecular complexity index is 508. The zero-order valence-electron chi connectivity index (χ0n) is 9.85. The fourth-order valence-electron chi connectivity index (χ4n) is 1.26. The molecule has 1 aromatic carbocycles. The molecule has 0 aliphatic carbocycles. The Morgan fingerprint density at radius 3 is 3.00 bits per heavy atom. The minimum absolute atomic E-state index is 0.147. The first-order valence-electron chi connectivity index (χ1n) is 5.31. The van der Waals surface area contributed by atoms with Crippen molar-refractivity contribution in [3.63, 3.8) is 0 Å². The molecule has 0 saturated carbocycles. The Morgan fingerprint density at radius 2 is 2.39 bits per heavy atom. The van der Waals surface area contributed by atoms with Crippen LogP contribution in [0.3, 0.4) is 0 Å². The lowest BCUT2D eigenvalue weighted by Crippen LogP contribution is -1.83. The molecule has 0 amide bonds. The molecule has 0 aromatic heterocycles. The van der Waals surface area contributed by atoms with E-state index in [1.165, 1.54) is 11.8 Å². The molecule has 0 atom stereocenters. The van der Waals surface area contributed by atoms with Gasteiger partial charge in [0.1, 0.15) is 0 Å². The third-order valence-electron chi connectivity index (χ3n) is 2.04. The van der Waals surface area contributed by atoms with Crippen molar-refractivity contribution < 1.29 is 4.79 Å². The summed E-state index contributed by atoms with van der Waals surface area (Å²) in [5.41, 5.74) is 1.62. The molecule has 1 aromatic rings. The third-order valence-corrected chi connectivity index (χ3v) is 3.28. The van der Waals surface area contributed by atoms with Crippen molar-refractivity contribution in [1.29, 1.82) is 0 Å². The number of aliphatic imine (C=N–C) groups is 1. The van der Waals surface area contributed by atoms with Gasteiger partial charge in [-0.25, -0.2) is 0 Å². The van der Waals surface area contributed by atoms with E-state index in [1.54, 1.807) is 13.0 Å². The topological polar surface area (TPSA) is 29.4 Å². The maximum atomic E-state index is 10.7. The molecule has 1 rings (SSSR count). The van der Waals surface area contributed by atoms with Gasteiger partial charge in [0.25, 0.3) is 0 Å². The monoisotopic (exact) mass is 297 g/mol. The molecular formula is C13H12ClNOS2. The van der Waals surface area contributed by atoms with E-state index in [0.29, 0.717) is 10.7 Å². The summed E-state index contributed by atoms with van der Waals surface area (Å²) in [5, 5.41) is 2.98. The number of nitrogens with zero attached hydrogens (tertiary/aromatic N) is 1. The van der Waals surface area contributed by atoms with E-state index in [4.69, 9.17) is 11.6 Å². The van der Waals surface area contributed by atoms with Crippen molar-refractivity contribution in [3.8, 4) is 0 Å². The van der Waals surface area contributed by atoms with Gasteiger partial charge in [-0.05, 0) is 36.3 Å². The number of carbonyl (C=O) groups is 1. The molecule has 2 nitrogen and oxygen atoms in total. The van der Waals surface area contributed by atoms with Crippen LogP contribution in [0.2, 0.25) is 5.02 Å². The SMILES string of the molecule is CC(=O)SCCC=Cc1ccc(N=C=S)c(Cl)c1. The van der Waals surface area contributed by atoms with Gasteiger partial charge in [-0.2, -0.15) is 4.99 Å². The van der Waals surface area contributed by atoms with Gasteiger partial charge < -0.3 is 0 Å². The number of hydrogen-bond acceptors (Lipinski definition) is 4. The fraction of sp³-hybridized carbons (Fsp3) is 0.231. The van der Waals surface area contributed by atoms with Crippen molar-refractivity contribution >= 4 is 57.6 Å². The number of halogens is 1. The molecule has 0 fully saturated rings. The molecule has 0 saturated heterocycles. The van der Waals surface area contributed by atoms with E-state index in [2.05, 4.69) is 22.4 Å². The second-order valence-corrected chi connectivity index (χ2v) is 5.31. The predicted octanol–water partition coefficient (Wildman–Crippen LogP) is 4.76. The lowest BCUT2D eigenvalue weighted by molar-refractivity contribution is -0.109. The Kier molecular flexibility index (Phi) is 6.91. The summed E-state index contributed by atoms with van der Waals surface area (Å²) in [6.45, 7) is 1.57. The first-order valence-corrected chi connectivity index (χ1v) is 7.08. The summed E-state index contributed by atoms with van der Waals surface area (Å²) >= 11 is 11.9. The molecule has 5 heteroatoms. The average Bonchev–Trinajstić information content (AvgIpc) is 2.32. The van der Waals surface area contributed by atoms with Crippen molar-refractivity contribution in [1.82, 2.24) is 0 Å². The van der Waals surface area contributed by atoms with Crippen LogP contribution in [0.5, 0.6) is 0 Å².